The summed E-state index contributed by atoms with van der Waals surface area (Å²) in [6.07, 6.45) is 5.15. The fraction of sp³-hybridized carbons (Fsp3) is 1.00. The van der Waals surface area contributed by atoms with Crippen molar-refractivity contribution in [1.82, 2.24) is 10.2 Å². The Bertz CT molecular complexity index is 213. The van der Waals surface area contributed by atoms with Crippen molar-refractivity contribution in [1.29, 1.82) is 0 Å². The minimum atomic E-state index is 0.599. The molecule has 0 spiro atoms. The fourth-order valence-corrected chi connectivity index (χ4v) is 2.64. The van der Waals surface area contributed by atoms with Gasteiger partial charge in [-0.1, -0.05) is 20.3 Å². The number of piperidine rings is 1. The third kappa shape index (κ3) is 5.25. The van der Waals surface area contributed by atoms with Crippen molar-refractivity contribution in [2.24, 2.45) is 5.41 Å². The van der Waals surface area contributed by atoms with E-state index in [0.29, 0.717) is 11.5 Å². The molecule has 1 N–H and O–H groups in total. The molecule has 1 unspecified atom stereocenters. The number of hydrogen-bond acceptors (Lipinski definition) is 3. The third-order valence-electron chi connectivity index (χ3n) is 4.62. The number of nitrogens with zero attached hydrogens (tertiary/aromatic N) is 1. The van der Waals surface area contributed by atoms with Crippen LogP contribution in [-0.4, -0.2) is 50.8 Å². The first-order valence-corrected chi connectivity index (χ1v) is 7.55. The molecular formula is C15H32N2O. The van der Waals surface area contributed by atoms with Gasteiger partial charge in [0.2, 0.25) is 0 Å². The summed E-state index contributed by atoms with van der Waals surface area (Å²) in [5.41, 5.74) is 0.599. The van der Waals surface area contributed by atoms with Gasteiger partial charge < -0.3 is 10.1 Å². The fourth-order valence-electron chi connectivity index (χ4n) is 2.64. The first-order chi connectivity index (χ1) is 8.61. The van der Waals surface area contributed by atoms with E-state index >= 15 is 0 Å². The largest absolute Gasteiger partial charge is 0.385 e. The Labute approximate surface area is 113 Å². The molecular weight excluding hydrogens is 224 g/mol. The van der Waals surface area contributed by atoms with Crippen molar-refractivity contribution >= 4 is 0 Å². The molecule has 1 atom stereocenters. The van der Waals surface area contributed by atoms with Crippen molar-refractivity contribution in [2.75, 3.05) is 39.9 Å². The van der Waals surface area contributed by atoms with E-state index in [2.05, 4.69) is 31.0 Å². The number of methoxy groups -OCH3 is 1. The molecule has 0 bridgehead atoms. The lowest BCUT2D eigenvalue weighted by Crippen LogP contribution is -2.47. The van der Waals surface area contributed by atoms with E-state index in [0.717, 1.165) is 26.1 Å². The van der Waals surface area contributed by atoms with Gasteiger partial charge in [0.05, 0.1) is 0 Å². The predicted octanol–water partition coefficient (Wildman–Crippen LogP) is 2.51. The average molecular weight is 256 g/mol. The maximum atomic E-state index is 5.05. The summed E-state index contributed by atoms with van der Waals surface area (Å²) in [4.78, 5) is 2.64. The SMILES string of the molecule is CCC1(C)CCN(C(C)CNCCCOC)CC1. The van der Waals surface area contributed by atoms with Crippen molar-refractivity contribution in [2.45, 2.75) is 52.5 Å². The van der Waals surface area contributed by atoms with Crippen LogP contribution in [0.3, 0.4) is 0 Å². The highest BCUT2D eigenvalue weighted by Gasteiger charge is 2.29. The molecule has 0 aromatic carbocycles. The van der Waals surface area contributed by atoms with Gasteiger partial charge in [-0.3, -0.25) is 4.90 Å². The van der Waals surface area contributed by atoms with Crippen LogP contribution in [0.25, 0.3) is 0 Å². The van der Waals surface area contributed by atoms with Crippen LogP contribution in [0.4, 0.5) is 0 Å². The maximum absolute atomic E-state index is 5.05. The van der Waals surface area contributed by atoms with Crippen molar-refractivity contribution < 1.29 is 4.74 Å². The first kappa shape index (κ1) is 15.9. The van der Waals surface area contributed by atoms with E-state index < -0.39 is 0 Å². The molecule has 1 fully saturated rings. The number of rotatable bonds is 8. The number of nitrogens with one attached hydrogen (secondary N) is 1. The Morgan fingerprint density at radius 3 is 2.56 bits per heavy atom. The molecule has 1 aliphatic rings. The first-order valence-electron chi connectivity index (χ1n) is 7.55. The molecule has 0 aliphatic carbocycles. The highest BCUT2D eigenvalue weighted by molar-refractivity contribution is 4.83. The van der Waals surface area contributed by atoms with Crippen molar-refractivity contribution in [3.05, 3.63) is 0 Å². The van der Waals surface area contributed by atoms with Crippen LogP contribution in [0.5, 0.6) is 0 Å². The smallest absolute Gasteiger partial charge is 0.0474 e. The maximum Gasteiger partial charge on any atom is 0.0474 e. The molecule has 0 aromatic rings. The Balaban J connectivity index is 2.14. The van der Waals surface area contributed by atoms with E-state index in [-0.39, 0.29) is 0 Å². The monoisotopic (exact) mass is 256 g/mol. The molecule has 3 heteroatoms. The second-order valence-electron chi connectivity index (χ2n) is 6.10. The van der Waals surface area contributed by atoms with Gasteiger partial charge in [-0.25, -0.2) is 0 Å². The molecule has 1 aliphatic heterocycles. The topological polar surface area (TPSA) is 24.5 Å². The van der Waals surface area contributed by atoms with Gasteiger partial charge in [-0.2, -0.15) is 0 Å². The molecule has 0 amide bonds. The zero-order chi connectivity index (χ0) is 13.4. The number of ether oxygens (including phenoxy) is 1. The number of hydrogen-bond donors (Lipinski definition) is 1. The molecule has 0 aromatic heterocycles. The lowest BCUT2D eigenvalue weighted by molar-refractivity contribution is 0.0858. The summed E-state index contributed by atoms with van der Waals surface area (Å²) in [6, 6.07) is 0.661. The molecule has 0 saturated carbocycles. The van der Waals surface area contributed by atoms with Gasteiger partial charge in [0, 0.05) is 26.3 Å². The highest BCUT2D eigenvalue weighted by Crippen LogP contribution is 2.34. The molecule has 1 rings (SSSR count). The van der Waals surface area contributed by atoms with E-state index in [1.54, 1.807) is 7.11 Å². The van der Waals surface area contributed by atoms with E-state index in [1.165, 1.54) is 32.4 Å². The summed E-state index contributed by atoms with van der Waals surface area (Å²) in [7, 11) is 1.76. The van der Waals surface area contributed by atoms with Crippen LogP contribution in [0.2, 0.25) is 0 Å². The summed E-state index contributed by atoms with van der Waals surface area (Å²) in [6.45, 7) is 12.7. The zero-order valence-electron chi connectivity index (χ0n) is 12.8. The average Bonchev–Trinajstić information content (AvgIpc) is 2.39. The molecule has 0 radical (unpaired) electrons. The van der Waals surface area contributed by atoms with Gasteiger partial charge in [0.25, 0.3) is 0 Å². The molecule has 3 nitrogen and oxygen atoms in total. The van der Waals surface area contributed by atoms with Gasteiger partial charge in [-0.15, -0.1) is 0 Å². The summed E-state index contributed by atoms with van der Waals surface area (Å²) >= 11 is 0. The van der Waals surface area contributed by atoms with Gasteiger partial charge in [0.15, 0.2) is 0 Å². The standard InChI is InChI=1S/C15H32N2O/c1-5-15(3)7-10-17(11-8-15)14(2)13-16-9-6-12-18-4/h14,16H,5-13H2,1-4H3. The van der Waals surface area contributed by atoms with E-state index in [4.69, 9.17) is 4.74 Å². The molecule has 108 valence electrons. The molecule has 1 saturated heterocycles. The summed E-state index contributed by atoms with van der Waals surface area (Å²) in [5, 5.41) is 3.53. The van der Waals surface area contributed by atoms with Crippen LogP contribution in [0.15, 0.2) is 0 Å². The molecule has 1 heterocycles. The summed E-state index contributed by atoms with van der Waals surface area (Å²) in [5.74, 6) is 0. The van der Waals surface area contributed by atoms with Crippen LogP contribution in [0, 0.1) is 5.41 Å². The zero-order valence-corrected chi connectivity index (χ0v) is 12.8. The second kappa shape index (κ2) is 8.13. The Morgan fingerprint density at radius 1 is 1.33 bits per heavy atom. The Hall–Kier alpha value is -0.120. The second-order valence-corrected chi connectivity index (χ2v) is 6.10. The van der Waals surface area contributed by atoms with Crippen LogP contribution in [-0.2, 0) is 4.74 Å². The van der Waals surface area contributed by atoms with Crippen LogP contribution in [0.1, 0.15) is 46.5 Å². The minimum absolute atomic E-state index is 0.599. The normalized spacial score (nSPS) is 22.0. The third-order valence-corrected chi connectivity index (χ3v) is 4.62. The van der Waals surface area contributed by atoms with Crippen LogP contribution < -0.4 is 5.32 Å². The Kier molecular flexibility index (Phi) is 7.20. The van der Waals surface area contributed by atoms with Gasteiger partial charge in [0.1, 0.15) is 0 Å². The van der Waals surface area contributed by atoms with Gasteiger partial charge >= 0.3 is 0 Å². The lowest BCUT2D eigenvalue weighted by Gasteiger charge is -2.41. The van der Waals surface area contributed by atoms with Gasteiger partial charge in [-0.05, 0) is 51.2 Å². The quantitative estimate of drug-likeness (QED) is 0.675. The van der Waals surface area contributed by atoms with Crippen molar-refractivity contribution in [3.8, 4) is 0 Å². The summed E-state index contributed by atoms with van der Waals surface area (Å²) < 4.78 is 5.05. The Morgan fingerprint density at radius 2 is 2.00 bits per heavy atom. The van der Waals surface area contributed by atoms with Crippen LogP contribution >= 0.6 is 0 Å². The van der Waals surface area contributed by atoms with E-state index in [1.807, 2.05) is 0 Å². The molecule has 18 heavy (non-hydrogen) atoms. The lowest BCUT2D eigenvalue weighted by atomic mass is 9.78. The predicted molar refractivity (Wildman–Crippen MR) is 78.0 cm³/mol. The minimum Gasteiger partial charge on any atom is -0.385 e. The highest BCUT2D eigenvalue weighted by atomic mass is 16.5. The number of likely N-dealkylation sites (tertiary alicyclic amines) is 1. The van der Waals surface area contributed by atoms with E-state index in [9.17, 15) is 0 Å². The van der Waals surface area contributed by atoms with Crippen molar-refractivity contribution in [3.63, 3.8) is 0 Å².